The van der Waals surface area contributed by atoms with Crippen molar-refractivity contribution in [2.75, 3.05) is 0 Å². The topological polar surface area (TPSA) is 40.5 Å². The smallest absolute Gasteiger partial charge is 0.203 e. The minimum Gasteiger partial charge on any atom is -0.359 e. The van der Waals surface area contributed by atoms with E-state index in [0.717, 1.165) is 11.1 Å². The van der Waals surface area contributed by atoms with Crippen LogP contribution < -0.4 is 0 Å². The molecule has 0 aliphatic heterocycles. The molecule has 0 unspecified atom stereocenters. The van der Waals surface area contributed by atoms with Gasteiger partial charge < -0.3 is 10.2 Å². The molecule has 0 spiro atoms. The van der Waals surface area contributed by atoms with Crippen LogP contribution in [0.1, 0.15) is 19.4 Å². The second-order valence-corrected chi connectivity index (χ2v) is 4.76. The molecule has 0 radical (unpaired) electrons. The normalized spacial score (nSPS) is 21.6. The van der Waals surface area contributed by atoms with Crippen molar-refractivity contribution in [3.8, 4) is 0 Å². The fourth-order valence-electron chi connectivity index (χ4n) is 1.94. The van der Waals surface area contributed by atoms with Crippen LogP contribution in [0.25, 0.3) is 5.57 Å². The first-order valence-corrected chi connectivity index (χ1v) is 5.35. The van der Waals surface area contributed by atoms with Gasteiger partial charge in [0.25, 0.3) is 0 Å². The number of rotatable bonds is 1. The summed E-state index contributed by atoms with van der Waals surface area (Å²) in [6.07, 6.45) is 4.75. The third-order valence-corrected chi connectivity index (χ3v) is 2.88. The number of hydrogen-bond acceptors (Lipinski definition) is 2. The van der Waals surface area contributed by atoms with Crippen LogP contribution in [0.5, 0.6) is 0 Å². The van der Waals surface area contributed by atoms with E-state index in [1.165, 1.54) is 12.2 Å². The molecule has 0 saturated heterocycles. The zero-order valence-electron chi connectivity index (χ0n) is 9.51. The Balaban J connectivity index is 2.50. The maximum Gasteiger partial charge on any atom is 0.203 e. The predicted octanol–water partition coefficient (Wildman–Crippen LogP) is 2.35. The summed E-state index contributed by atoms with van der Waals surface area (Å²) in [5.74, 6) is -1.83. The van der Waals surface area contributed by atoms with Gasteiger partial charge in [0.15, 0.2) is 0 Å². The fourth-order valence-corrected chi connectivity index (χ4v) is 1.94. The van der Waals surface area contributed by atoms with E-state index >= 15 is 0 Å². The molecule has 0 aromatic heterocycles. The Bertz CT molecular complexity index is 439. The average Bonchev–Trinajstić information content (AvgIpc) is 2.24. The molecule has 2 rings (SSSR count). The lowest BCUT2D eigenvalue weighted by Gasteiger charge is -2.32. The second-order valence-electron chi connectivity index (χ2n) is 4.76. The largest absolute Gasteiger partial charge is 0.359 e. The average molecular weight is 216 g/mol. The van der Waals surface area contributed by atoms with E-state index in [0.29, 0.717) is 0 Å². The van der Waals surface area contributed by atoms with E-state index in [9.17, 15) is 10.2 Å². The van der Waals surface area contributed by atoms with Crippen molar-refractivity contribution >= 4 is 5.57 Å². The predicted molar refractivity (Wildman–Crippen MR) is 64.5 cm³/mol. The summed E-state index contributed by atoms with van der Waals surface area (Å²) in [6.45, 7) is 4.11. The Morgan fingerprint density at radius 3 is 2.19 bits per heavy atom. The highest BCUT2D eigenvalue weighted by molar-refractivity contribution is 5.73. The molecule has 2 heteroatoms. The lowest BCUT2D eigenvalue weighted by atomic mass is 9.76. The van der Waals surface area contributed by atoms with Crippen molar-refractivity contribution < 1.29 is 10.2 Å². The molecule has 1 aliphatic rings. The highest BCUT2D eigenvalue weighted by atomic mass is 16.5. The minimum atomic E-state index is -1.83. The van der Waals surface area contributed by atoms with Crippen molar-refractivity contribution in [2.24, 2.45) is 5.41 Å². The van der Waals surface area contributed by atoms with E-state index in [4.69, 9.17) is 0 Å². The van der Waals surface area contributed by atoms with Gasteiger partial charge in [0, 0.05) is 5.41 Å². The van der Waals surface area contributed by atoms with Gasteiger partial charge >= 0.3 is 0 Å². The monoisotopic (exact) mass is 216 g/mol. The summed E-state index contributed by atoms with van der Waals surface area (Å²) in [5.41, 5.74) is 1.76. The number of aliphatic hydroxyl groups is 2. The molecule has 2 N–H and O–H groups in total. The number of hydrogen-bond donors (Lipinski definition) is 2. The van der Waals surface area contributed by atoms with Crippen molar-refractivity contribution in [2.45, 2.75) is 19.6 Å². The van der Waals surface area contributed by atoms with Crippen molar-refractivity contribution in [3.63, 3.8) is 0 Å². The molecule has 84 valence electrons. The highest BCUT2D eigenvalue weighted by Crippen LogP contribution is 2.40. The second kappa shape index (κ2) is 3.58. The van der Waals surface area contributed by atoms with Gasteiger partial charge in [-0.05, 0) is 23.3 Å². The molecular weight excluding hydrogens is 200 g/mol. The van der Waals surface area contributed by atoms with Gasteiger partial charge in [0.2, 0.25) is 5.79 Å². The van der Waals surface area contributed by atoms with Crippen molar-refractivity contribution in [1.82, 2.24) is 0 Å². The fraction of sp³-hybridized carbons (Fsp3) is 0.286. The van der Waals surface area contributed by atoms with Gasteiger partial charge in [-0.3, -0.25) is 0 Å². The van der Waals surface area contributed by atoms with Crippen LogP contribution in [0.15, 0.2) is 48.6 Å². The molecule has 16 heavy (non-hydrogen) atoms. The van der Waals surface area contributed by atoms with Crippen LogP contribution in [0.4, 0.5) is 0 Å². The van der Waals surface area contributed by atoms with Crippen molar-refractivity contribution in [3.05, 3.63) is 54.1 Å². The number of allylic oxidation sites excluding steroid dienone is 2. The third-order valence-electron chi connectivity index (χ3n) is 2.88. The molecule has 0 bridgehead atoms. The van der Waals surface area contributed by atoms with E-state index in [2.05, 4.69) is 13.8 Å². The molecule has 1 aliphatic carbocycles. The molecule has 1 aromatic rings. The molecule has 2 nitrogen and oxygen atoms in total. The quantitative estimate of drug-likeness (QED) is 0.559. The highest BCUT2D eigenvalue weighted by Gasteiger charge is 2.31. The van der Waals surface area contributed by atoms with Gasteiger partial charge in [-0.2, -0.15) is 0 Å². The summed E-state index contributed by atoms with van der Waals surface area (Å²) in [7, 11) is 0. The molecule has 0 saturated carbocycles. The van der Waals surface area contributed by atoms with Crippen LogP contribution in [0, 0.1) is 5.41 Å². The lowest BCUT2D eigenvalue weighted by Crippen LogP contribution is -2.29. The summed E-state index contributed by atoms with van der Waals surface area (Å²) in [4.78, 5) is 0. The van der Waals surface area contributed by atoms with E-state index in [-0.39, 0.29) is 5.41 Å². The third kappa shape index (κ3) is 2.08. The minimum absolute atomic E-state index is 0.184. The molecule has 0 atom stereocenters. The Morgan fingerprint density at radius 1 is 0.938 bits per heavy atom. The van der Waals surface area contributed by atoms with Crippen LogP contribution in [-0.2, 0) is 0 Å². The standard InChI is InChI=1S/C14H16O2/c1-13(2)8-9-14(15,16)10-12(13)11-6-4-3-5-7-11/h3-10,15-16H,1-2H3. The van der Waals surface area contributed by atoms with E-state index in [1.807, 2.05) is 36.4 Å². The Hall–Kier alpha value is -1.38. The Labute approximate surface area is 95.6 Å². The SMILES string of the molecule is CC1(C)C=CC(O)(O)C=C1c1ccccc1. The molecule has 0 fully saturated rings. The maximum atomic E-state index is 9.63. The van der Waals surface area contributed by atoms with Gasteiger partial charge in [-0.1, -0.05) is 50.3 Å². The Kier molecular flexibility index (Phi) is 2.49. The summed E-state index contributed by atoms with van der Waals surface area (Å²) in [5, 5.41) is 19.3. The van der Waals surface area contributed by atoms with Crippen LogP contribution in [0.3, 0.4) is 0 Å². The van der Waals surface area contributed by atoms with Gasteiger partial charge in [0.05, 0.1) is 0 Å². The van der Waals surface area contributed by atoms with Crippen LogP contribution >= 0.6 is 0 Å². The van der Waals surface area contributed by atoms with Crippen LogP contribution in [-0.4, -0.2) is 16.0 Å². The van der Waals surface area contributed by atoms with E-state index in [1.54, 1.807) is 0 Å². The van der Waals surface area contributed by atoms with Crippen molar-refractivity contribution in [1.29, 1.82) is 0 Å². The maximum absolute atomic E-state index is 9.63. The van der Waals surface area contributed by atoms with Gasteiger partial charge in [-0.15, -0.1) is 0 Å². The summed E-state index contributed by atoms with van der Waals surface area (Å²) in [6, 6.07) is 9.79. The molecule has 0 heterocycles. The molecule has 1 aromatic carbocycles. The van der Waals surface area contributed by atoms with E-state index < -0.39 is 5.79 Å². The first-order valence-electron chi connectivity index (χ1n) is 5.35. The first-order chi connectivity index (χ1) is 7.41. The zero-order valence-corrected chi connectivity index (χ0v) is 9.51. The molecule has 0 amide bonds. The van der Waals surface area contributed by atoms with Gasteiger partial charge in [0.1, 0.15) is 0 Å². The Morgan fingerprint density at radius 2 is 1.56 bits per heavy atom. The zero-order chi connectivity index (χ0) is 11.8. The lowest BCUT2D eigenvalue weighted by molar-refractivity contribution is -0.0757. The molecular formula is C14H16O2. The number of benzene rings is 1. The summed E-state index contributed by atoms with van der Waals surface area (Å²) < 4.78 is 0. The first kappa shape index (κ1) is 11.1. The van der Waals surface area contributed by atoms with Gasteiger partial charge in [-0.25, -0.2) is 0 Å². The van der Waals surface area contributed by atoms with Crippen LogP contribution in [0.2, 0.25) is 0 Å². The summed E-state index contributed by atoms with van der Waals surface area (Å²) >= 11 is 0.